The van der Waals surface area contributed by atoms with E-state index in [4.69, 9.17) is 14.2 Å². The summed E-state index contributed by atoms with van der Waals surface area (Å²) >= 11 is 0. The summed E-state index contributed by atoms with van der Waals surface area (Å²) in [6.07, 6.45) is 61.9. The van der Waals surface area contributed by atoms with E-state index in [9.17, 15) is 14.4 Å². The van der Waals surface area contributed by atoms with Gasteiger partial charge in [-0.25, -0.2) is 0 Å². The minimum atomic E-state index is -0.787. The molecule has 0 aromatic rings. The Hall–Kier alpha value is -2.89. The molecule has 1 atom stereocenters. The molecule has 0 aromatic heterocycles. The van der Waals surface area contributed by atoms with E-state index >= 15 is 0 Å². The number of hydrogen-bond acceptors (Lipinski definition) is 6. The average Bonchev–Trinajstić information content (AvgIpc) is 3.27. The smallest absolute Gasteiger partial charge is 0.306 e. The number of rotatable bonds is 47. The molecular weight excluding hydrogens is 769 g/mol. The number of allylic oxidation sites excluding steroid dienone is 10. The highest BCUT2D eigenvalue weighted by atomic mass is 16.6. The van der Waals surface area contributed by atoms with Crippen molar-refractivity contribution in [1.29, 1.82) is 0 Å². The predicted molar refractivity (Wildman–Crippen MR) is 265 cm³/mol. The van der Waals surface area contributed by atoms with Crippen molar-refractivity contribution in [3.05, 3.63) is 60.8 Å². The van der Waals surface area contributed by atoms with Gasteiger partial charge in [-0.15, -0.1) is 0 Å². The number of unbranched alkanes of at least 4 members (excludes halogenated alkanes) is 26. The van der Waals surface area contributed by atoms with E-state index in [1.807, 2.05) is 0 Å². The minimum absolute atomic E-state index is 0.0865. The van der Waals surface area contributed by atoms with Gasteiger partial charge in [-0.1, -0.05) is 197 Å². The molecule has 0 unspecified atom stereocenters. The molecule has 0 fully saturated rings. The molecular formula is C56H98O6. The second kappa shape index (κ2) is 50.8. The number of carbonyl (C=O) groups excluding carboxylic acids is 3. The van der Waals surface area contributed by atoms with Gasteiger partial charge in [-0.3, -0.25) is 14.4 Å². The van der Waals surface area contributed by atoms with Gasteiger partial charge in [0.2, 0.25) is 0 Å². The molecule has 6 nitrogen and oxygen atoms in total. The first-order valence-electron chi connectivity index (χ1n) is 26.3. The monoisotopic (exact) mass is 867 g/mol. The lowest BCUT2D eigenvalue weighted by molar-refractivity contribution is -0.167. The third-order valence-corrected chi connectivity index (χ3v) is 11.2. The summed E-state index contributed by atoms with van der Waals surface area (Å²) in [5, 5.41) is 0. The van der Waals surface area contributed by atoms with Crippen molar-refractivity contribution in [3.8, 4) is 0 Å². The summed E-state index contributed by atoms with van der Waals surface area (Å²) in [5.74, 6) is -0.913. The molecule has 0 N–H and O–H groups in total. The number of carbonyl (C=O) groups is 3. The molecule has 0 amide bonds. The lowest BCUT2D eigenvalue weighted by Crippen LogP contribution is -2.30. The molecule has 0 saturated heterocycles. The molecule has 0 aliphatic carbocycles. The normalized spacial score (nSPS) is 12.5. The Balaban J connectivity index is 4.41. The third kappa shape index (κ3) is 48.1. The Morgan fingerprint density at radius 1 is 0.323 bits per heavy atom. The summed E-state index contributed by atoms with van der Waals surface area (Å²) in [6.45, 7) is 6.54. The number of ether oxygens (including phenoxy) is 3. The Bertz CT molecular complexity index is 1130. The molecule has 6 heteroatoms. The summed E-state index contributed by atoms with van der Waals surface area (Å²) in [4.78, 5) is 38.0. The molecule has 0 spiro atoms. The average molecular weight is 867 g/mol. The largest absolute Gasteiger partial charge is 0.462 e. The third-order valence-electron chi connectivity index (χ3n) is 11.2. The van der Waals surface area contributed by atoms with E-state index in [1.54, 1.807) is 0 Å². The van der Waals surface area contributed by atoms with Crippen LogP contribution in [0.1, 0.15) is 258 Å². The highest BCUT2D eigenvalue weighted by Crippen LogP contribution is 2.14. The van der Waals surface area contributed by atoms with Crippen molar-refractivity contribution in [1.82, 2.24) is 0 Å². The van der Waals surface area contributed by atoms with Gasteiger partial charge < -0.3 is 14.2 Å². The Morgan fingerprint density at radius 2 is 0.597 bits per heavy atom. The minimum Gasteiger partial charge on any atom is -0.462 e. The Morgan fingerprint density at radius 3 is 0.984 bits per heavy atom. The molecule has 62 heavy (non-hydrogen) atoms. The lowest BCUT2D eigenvalue weighted by atomic mass is 10.1. The molecule has 358 valence electrons. The zero-order valence-electron chi connectivity index (χ0n) is 40.9. The standard InChI is InChI=1S/C56H98O6/c1-4-7-10-13-16-19-22-25-27-28-29-32-34-37-40-43-46-49-55(58)61-52-53(51-60-54(57)48-45-42-39-36-33-30-24-21-18-15-12-9-6-3)62-56(59)50-47-44-41-38-35-31-26-23-20-17-14-11-8-5-2/h14,16-17,19,21,23-27,53H,4-13,15,18,20,22,28-52H2,1-3H3/b17-14+,19-16+,24-21+,26-23+,27-25+/t53-/m1/s1. The van der Waals surface area contributed by atoms with E-state index < -0.39 is 6.10 Å². The van der Waals surface area contributed by atoms with Crippen LogP contribution in [0.5, 0.6) is 0 Å². The van der Waals surface area contributed by atoms with E-state index in [0.29, 0.717) is 19.3 Å². The van der Waals surface area contributed by atoms with Crippen molar-refractivity contribution in [2.24, 2.45) is 0 Å². The van der Waals surface area contributed by atoms with Crippen LogP contribution in [0.2, 0.25) is 0 Å². The van der Waals surface area contributed by atoms with Gasteiger partial charge in [-0.05, 0) is 103 Å². The second-order valence-electron chi connectivity index (χ2n) is 17.4. The molecule has 0 heterocycles. The van der Waals surface area contributed by atoms with Crippen LogP contribution < -0.4 is 0 Å². The van der Waals surface area contributed by atoms with Crippen LogP contribution in [0.4, 0.5) is 0 Å². The van der Waals surface area contributed by atoms with Gasteiger partial charge in [0.15, 0.2) is 6.10 Å². The SMILES string of the molecule is CCCC/C=C/C/C=C/CCCCCCCC(=O)O[C@H](COC(=O)CCCCCCC/C=C/CCCCCC)COC(=O)CCCCCCCCC/C=C/C/C=C/CCCCC. The van der Waals surface area contributed by atoms with Crippen LogP contribution in [-0.2, 0) is 28.6 Å². The first kappa shape index (κ1) is 59.1. The maximum atomic E-state index is 12.8. The fraction of sp³-hybridized carbons (Fsp3) is 0.768. The lowest BCUT2D eigenvalue weighted by Gasteiger charge is -2.18. The first-order chi connectivity index (χ1) is 30.5. The predicted octanol–water partition coefficient (Wildman–Crippen LogP) is 17.3. The molecule has 0 aliphatic heterocycles. The van der Waals surface area contributed by atoms with Gasteiger partial charge in [0.1, 0.15) is 13.2 Å². The van der Waals surface area contributed by atoms with Gasteiger partial charge in [0.05, 0.1) is 0 Å². The molecule has 0 saturated carbocycles. The maximum absolute atomic E-state index is 12.8. The van der Waals surface area contributed by atoms with Crippen molar-refractivity contribution < 1.29 is 28.6 Å². The van der Waals surface area contributed by atoms with Gasteiger partial charge in [0.25, 0.3) is 0 Å². The molecule has 0 aromatic carbocycles. The fourth-order valence-corrected chi connectivity index (χ4v) is 7.19. The quantitative estimate of drug-likeness (QED) is 0.0262. The maximum Gasteiger partial charge on any atom is 0.306 e. The first-order valence-corrected chi connectivity index (χ1v) is 26.3. The van der Waals surface area contributed by atoms with Crippen LogP contribution >= 0.6 is 0 Å². The van der Waals surface area contributed by atoms with Crippen molar-refractivity contribution in [3.63, 3.8) is 0 Å². The fourth-order valence-electron chi connectivity index (χ4n) is 7.19. The molecule has 0 rings (SSSR count). The van der Waals surface area contributed by atoms with Crippen molar-refractivity contribution in [2.75, 3.05) is 13.2 Å². The van der Waals surface area contributed by atoms with E-state index in [0.717, 1.165) is 103 Å². The highest BCUT2D eigenvalue weighted by molar-refractivity contribution is 5.71. The Labute approximate surface area is 383 Å². The van der Waals surface area contributed by atoms with Crippen LogP contribution in [0.25, 0.3) is 0 Å². The summed E-state index contributed by atoms with van der Waals surface area (Å²) in [7, 11) is 0. The van der Waals surface area contributed by atoms with Gasteiger partial charge >= 0.3 is 17.9 Å². The van der Waals surface area contributed by atoms with Crippen molar-refractivity contribution >= 4 is 17.9 Å². The van der Waals surface area contributed by atoms with Gasteiger partial charge in [0, 0.05) is 19.3 Å². The summed E-state index contributed by atoms with van der Waals surface area (Å²) in [5.41, 5.74) is 0. The Kier molecular flexibility index (Phi) is 48.4. The molecule has 0 radical (unpaired) electrons. The van der Waals surface area contributed by atoms with Crippen LogP contribution in [0.15, 0.2) is 60.8 Å². The topological polar surface area (TPSA) is 78.9 Å². The van der Waals surface area contributed by atoms with E-state index in [-0.39, 0.29) is 31.1 Å². The molecule has 0 aliphatic rings. The zero-order chi connectivity index (χ0) is 45.1. The van der Waals surface area contributed by atoms with E-state index in [1.165, 1.54) is 116 Å². The van der Waals surface area contributed by atoms with Crippen LogP contribution in [0.3, 0.4) is 0 Å². The van der Waals surface area contributed by atoms with Crippen molar-refractivity contribution in [2.45, 2.75) is 264 Å². The highest BCUT2D eigenvalue weighted by Gasteiger charge is 2.19. The number of hydrogen-bond donors (Lipinski definition) is 0. The molecule has 0 bridgehead atoms. The summed E-state index contributed by atoms with van der Waals surface area (Å²) < 4.78 is 16.8. The van der Waals surface area contributed by atoms with E-state index in [2.05, 4.69) is 81.5 Å². The number of esters is 3. The van der Waals surface area contributed by atoms with Gasteiger partial charge in [-0.2, -0.15) is 0 Å². The summed E-state index contributed by atoms with van der Waals surface area (Å²) in [6, 6.07) is 0. The second-order valence-corrected chi connectivity index (χ2v) is 17.4. The van der Waals surface area contributed by atoms with Crippen LogP contribution in [0, 0.1) is 0 Å². The van der Waals surface area contributed by atoms with Crippen LogP contribution in [-0.4, -0.2) is 37.2 Å². The zero-order valence-corrected chi connectivity index (χ0v) is 40.9.